The van der Waals surface area contributed by atoms with Crippen LogP contribution in [0.15, 0.2) is 42.5 Å². The first-order chi connectivity index (χ1) is 16.0. The summed E-state index contributed by atoms with van der Waals surface area (Å²) in [5.74, 6) is -2.02. The lowest BCUT2D eigenvalue weighted by atomic mass is 9.86. The minimum atomic E-state index is -0.986. The molecule has 2 aromatic carbocycles. The van der Waals surface area contributed by atoms with Crippen LogP contribution in [-0.4, -0.2) is 40.4 Å². The van der Waals surface area contributed by atoms with Gasteiger partial charge in [-0.05, 0) is 47.1 Å². The van der Waals surface area contributed by atoms with Crippen LogP contribution < -0.4 is 5.32 Å². The van der Waals surface area contributed by atoms with Gasteiger partial charge in [0.15, 0.2) is 0 Å². The zero-order chi connectivity index (χ0) is 24.6. The van der Waals surface area contributed by atoms with Crippen molar-refractivity contribution in [3.05, 3.63) is 70.3 Å². The number of imide groups is 2. The van der Waals surface area contributed by atoms with E-state index in [1.165, 1.54) is 5.56 Å². The van der Waals surface area contributed by atoms with Crippen molar-refractivity contribution >= 4 is 29.4 Å². The van der Waals surface area contributed by atoms with Gasteiger partial charge in [0.2, 0.25) is 11.8 Å². The number of Topliss-reactive ketones (excluding diaryl/α,β-unsaturated/α-hetero) is 1. The molecule has 1 fully saturated rings. The van der Waals surface area contributed by atoms with Crippen molar-refractivity contribution in [1.82, 2.24) is 10.2 Å². The molecule has 1 atom stereocenters. The molecule has 0 aromatic heterocycles. The Morgan fingerprint density at radius 3 is 2.24 bits per heavy atom. The van der Waals surface area contributed by atoms with E-state index in [-0.39, 0.29) is 35.2 Å². The molecule has 2 aliphatic rings. The van der Waals surface area contributed by atoms with Crippen molar-refractivity contribution in [2.24, 2.45) is 0 Å². The Bertz CT molecular complexity index is 1190. The van der Waals surface area contributed by atoms with Gasteiger partial charge in [-0.1, -0.05) is 51.1 Å². The largest absolute Gasteiger partial charge is 0.299 e. The molecule has 0 saturated carbocycles. The van der Waals surface area contributed by atoms with Gasteiger partial charge in [0.05, 0.1) is 11.1 Å². The van der Waals surface area contributed by atoms with E-state index < -0.39 is 29.7 Å². The molecule has 7 nitrogen and oxygen atoms in total. The van der Waals surface area contributed by atoms with Crippen molar-refractivity contribution in [3.63, 3.8) is 0 Å². The third-order valence-corrected chi connectivity index (χ3v) is 6.42. The molecule has 4 amide bonds. The highest BCUT2D eigenvalue weighted by molar-refractivity contribution is 6.23. The summed E-state index contributed by atoms with van der Waals surface area (Å²) in [7, 11) is 0. The average Bonchev–Trinajstić information content (AvgIpc) is 3.02. The fraction of sp³-hybridized carbons (Fsp3) is 0.370. The second-order valence-electron chi connectivity index (χ2n) is 9.99. The molecule has 34 heavy (non-hydrogen) atoms. The van der Waals surface area contributed by atoms with Crippen molar-refractivity contribution in [2.45, 2.75) is 64.3 Å². The Morgan fingerprint density at radius 2 is 1.59 bits per heavy atom. The summed E-state index contributed by atoms with van der Waals surface area (Å²) < 4.78 is 0. The minimum Gasteiger partial charge on any atom is -0.299 e. The van der Waals surface area contributed by atoms with E-state index in [1.807, 2.05) is 12.1 Å². The second-order valence-corrected chi connectivity index (χ2v) is 9.99. The van der Waals surface area contributed by atoms with E-state index in [9.17, 15) is 24.0 Å². The number of piperidine rings is 1. The van der Waals surface area contributed by atoms with E-state index in [4.69, 9.17) is 0 Å². The quantitative estimate of drug-likeness (QED) is 0.668. The van der Waals surface area contributed by atoms with Crippen LogP contribution in [0.4, 0.5) is 0 Å². The van der Waals surface area contributed by atoms with E-state index in [1.54, 1.807) is 18.2 Å². The SMILES string of the molecule is CC(C)(C)c1ccc(CC(=O)CCc2ccc3c(c2)C(=O)N(C2CCC(=O)NC2=O)C3=O)cc1. The predicted molar refractivity (Wildman–Crippen MR) is 125 cm³/mol. The van der Waals surface area contributed by atoms with Gasteiger partial charge in [0.1, 0.15) is 11.8 Å². The number of aryl methyl sites for hydroxylation is 1. The minimum absolute atomic E-state index is 0.0582. The molecule has 7 heteroatoms. The van der Waals surface area contributed by atoms with Gasteiger partial charge in [-0.3, -0.25) is 34.2 Å². The standard InChI is InChI=1S/C27H28N2O5/c1-27(2,3)18-8-4-16(5-9-18)14-19(30)10-6-17-7-11-20-21(15-17)26(34)29(25(20)33)22-12-13-23(31)28-24(22)32/h4-5,7-9,11,15,22H,6,10,12-14H2,1-3H3,(H,28,31,32). The molecular weight excluding hydrogens is 432 g/mol. The number of hydrogen-bond acceptors (Lipinski definition) is 5. The molecule has 1 N–H and O–H groups in total. The molecule has 2 heterocycles. The fourth-order valence-electron chi connectivity index (χ4n) is 4.40. The van der Waals surface area contributed by atoms with Crippen LogP contribution in [0, 0.1) is 0 Å². The number of carbonyl (C=O) groups excluding carboxylic acids is 5. The molecule has 0 spiro atoms. The zero-order valence-corrected chi connectivity index (χ0v) is 19.6. The first kappa shape index (κ1) is 23.5. The van der Waals surface area contributed by atoms with Crippen LogP contribution >= 0.6 is 0 Å². The monoisotopic (exact) mass is 460 g/mol. The number of fused-ring (bicyclic) bond motifs is 1. The third kappa shape index (κ3) is 4.69. The zero-order valence-electron chi connectivity index (χ0n) is 19.6. The van der Waals surface area contributed by atoms with Crippen LogP contribution in [0.25, 0.3) is 0 Å². The molecule has 0 bridgehead atoms. The maximum atomic E-state index is 12.9. The highest BCUT2D eigenvalue weighted by Crippen LogP contribution is 2.29. The summed E-state index contributed by atoms with van der Waals surface area (Å²) in [6.45, 7) is 6.43. The van der Waals surface area contributed by atoms with Crippen molar-refractivity contribution in [3.8, 4) is 0 Å². The Balaban J connectivity index is 1.39. The van der Waals surface area contributed by atoms with Gasteiger partial charge in [0, 0.05) is 19.3 Å². The predicted octanol–water partition coefficient (Wildman–Crippen LogP) is 3.13. The maximum Gasteiger partial charge on any atom is 0.262 e. The lowest BCUT2D eigenvalue weighted by Crippen LogP contribution is -2.54. The average molecular weight is 461 g/mol. The smallest absolute Gasteiger partial charge is 0.262 e. The van der Waals surface area contributed by atoms with Gasteiger partial charge in [-0.25, -0.2) is 0 Å². The summed E-state index contributed by atoms with van der Waals surface area (Å²) in [5.41, 5.74) is 3.49. The van der Waals surface area contributed by atoms with Crippen molar-refractivity contribution in [2.75, 3.05) is 0 Å². The highest BCUT2D eigenvalue weighted by atomic mass is 16.2. The number of nitrogens with one attached hydrogen (secondary N) is 1. The van der Waals surface area contributed by atoms with E-state index in [2.05, 4.69) is 38.2 Å². The first-order valence-corrected chi connectivity index (χ1v) is 11.5. The number of rotatable bonds is 6. The van der Waals surface area contributed by atoms with Gasteiger partial charge < -0.3 is 0 Å². The van der Waals surface area contributed by atoms with Crippen LogP contribution in [0.5, 0.6) is 0 Å². The summed E-state index contributed by atoms with van der Waals surface area (Å²) in [5, 5.41) is 2.19. The summed E-state index contributed by atoms with van der Waals surface area (Å²) >= 11 is 0. The fourth-order valence-corrected chi connectivity index (χ4v) is 4.40. The molecule has 0 radical (unpaired) electrons. The maximum absolute atomic E-state index is 12.9. The Morgan fingerprint density at radius 1 is 0.941 bits per heavy atom. The third-order valence-electron chi connectivity index (χ3n) is 6.42. The summed E-state index contributed by atoms with van der Waals surface area (Å²) in [6.07, 6.45) is 1.31. The lowest BCUT2D eigenvalue weighted by molar-refractivity contribution is -0.136. The first-order valence-electron chi connectivity index (χ1n) is 11.5. The van der Waals surface area contributed by atoms with Gasteiger partial charge in [0.25, 0.3) is 11.8 Å². The highest BCUT2D eigenvalue weighted by Gasteiger charge is 2.44. The molecule has 4 rings (SSSR count). The Labute approximate surface area is 198 Å². The molecule has 2 aliphatic heterocycles. The molecule has 1 unspecified atom stereocenters. The second kappa shape index (κ2) is 8.97. The van der Waals surface area contributed by atoms with Crippen LogP contribution in [-0.2, 0) is 32.6 Å². The molecular formula is C27H28N2O5. The molecule has 1 saturated heterocycles. The Kier molecular flexibility index (Phi) is 6.21. The van der Waals surface area contributed by atoms with E-state index in [0.29, 0.717) is 19.3 Å². The molecule has 176 valence electrons. The van der Waals surface area contributed by atoms with Crippen molar-refractivity contribution < 1.29 is 24.0 Å². The van der Waals surface area contributed by atoms with Gasteiger partial charge >= 0.3 is 0 Å². The van der Waals surface area contributed by atoms with Crippen LogP contribution in [0.1, 0.15) is 77.4 Å². The van der Waals surface area contributed by atoms with Gasteiger partial charge in [-0.15, -0.1) is 0 Å². The summed E-state index contributed by atoms with van der Waals surface area (Å²) in [6, 6.07) is 12.0. The Hall–Kier alpha value is -3.61. The number of amides is 4. The lowest BCUT2D eigenvalue weighted by Gasteiger charge is -2.27. The number of ketones is 1. The van der Waals surface area contributed by atoms with Crippen LogP contribution in [0.3, 0.4) is 0 Å². The van der Waals surface area contributed by atoms with Crippen molar-refractivity contribution in [1.29, 1.82) is 0 Å². The molecule has 0 aliphatic carbocycles. The summed E-state index contributed by atoms with van der Waals surface area (Å²) in [4.78, 5) is 62.8. The van der Waals surface area contributed by atoms with E-state index in [0.717, 1.165) is 16.0 Å². The normalized spacial score (nSPS) is 18.2. The number of hydrogen-bond donors (Lipinski definition) is 1. The van der Waals surface area contributed by atoms with Crippen LogP contribution in [0.2, 0.25) is 0 Å². The number of carbonyl (C=O) groups is 5. The number of nitrogens with zero attached hydrogens (tertiary/aromatic N) is 1. The number of benzene rings is 2. The van der Waals surface area contributed by atoms with Gasteiger partial charge in [-0.2, -0.15) is 0 Å². The van der Waals surface area contributed by atoms with E-state index >= 15 is 0 Å². The molecule has 2 aromatic rings. The topological polar surface area (TPSA) is 101 Å².